The van der Waals surface area contributed by atoms with Gasteiger partial charge in [0.2, 0.25) is 0 Å². The van der Waals surface area contributed by atoms with Gasteiger partial charge in [0.05, 0.1) is 5.60 Å². The summed E-state index contributed by atoms with van der Waals surface area (Å²) in [5.74, 6) is -0.187. The maximum absolute atomic E-state index is 13.4. The number of nitrogens with one attached hydrogen (secondary N) is 1. The zero-order valence-electron chi connectivity index (χ0n) is 8.89. The van der Waals surface area contributed by atoms with Crippen LogP contribution in [0.3, 0.4) is 0 Å². The average Bonchev–Trinajstić information content (AvgIpc) is 2.56. The predicted molar refractivity (Wildman–Crippen MR) is 57.2 cm³/mol. The first-order valence-corrected chi connectivity index (χ1v) is 5.32. The average molecular weight is 209 g/mol. The van der Waals surface area contributed by atoms with Crippen molar-refractivity contribution in [2.75, 3.05) is 13.6 Å². The smallest absolute Gasteiger partial charge is 0.126 e. The third-order valence-electron chi connectivity index (χ3n) is 3.20. The molecule has 1 aliphatic carbocycles. The van der Waals surface area contributed by atoms with Gasteiger partial charge in [-0.3, -0.25) is 0 Å². The van der Waals surface area contributed by atoms with Crippen LogP contribution < -0.4 is 5.32 Å². The first-order chi connectivity index (χ1) is 7.17. The van der Waals surface area contributed by atoms with Crippen LogP contribution >= 0.6 is 0 Å². The van der Waals surface area contributed by atoms with Gasteiger partial charge in [-0.2, -0.15) is 0 Å². The molecule has 0 saturated heterocycles. The van der Waals surface area contributed by atoms with Gasteiger partial charge >= 0.3 is 0 Å². The van der Waals surface area contributed by atoms with E-state index in [2.05, 4.69) is 5.32 Å². The van der Waals surface area contributed by atoms with Crippen LogP contribution in [-0.4, -0.2) is 18.7 Å². The van der Waals surface area contributed by atoms with E-state index in [4.69, 9.17) is 0 Å². The Kier molecular flexibility index (Phi) is 2.76. The molecule has 0 saturated carbocycles. The second-order valence-corrected chi connectivity index (χ2v) is 4.15. The van der Waals surface area contributed by atoms with Crippen LogP contribution in [0, 0.1) is 5.82 Å². The van der Waals surface area contributed by atoms with E-state index >= 15 is 0 Å². The molecule has 0 aliphatic heterocycles. The molecule has 2 rings (SSSR count). The van der Waals surface area contributed by atoms with Crippen LogP contribution in [0.5, 0.6) is 0 Å². The molecule has 1 aromatic carbocycles. The van der Waals surface area contributed by atoms with Gasteiger partial charge in [-0.15, -0.1) is 0 Å². The van der Waals surface area contributed by atoms with E-state index in [-0.39, 0.29) is 5.82 Å². The Balaban J connectivity index is 2.31. The molecule has 15 heavy (non-hydrogen) atoms. The summed E-state index contributed by atoms with van der Waals surface area (Å²) in [4.78, 5) is 0. The topological polar surface area (TPSA) is 32.3 Å². The maximum Gasteiger partial charge on any atom is 0.126 e. The van der Waals surface area contributed by atoms with Crippen molar-refractivity contribution >= 4 is 0 Å². The summed E-state index contributed by atoms with van der Waals surface area (Å²) in [6, 6.07) is 4.97. The van der Waals surface area contributed by atoms with E-state index in [1.54, 1.807) is 6.07 Å². The monoisotopic (exact) mass is 209 g/mol. The normalized spacial score (nSPS) is 24.2. The lowest BCUT2D eigenvalue weighted by atomic mass is 9.92. The number of benzene rings is 1. The molecule has 0 heterocycles. The third kappa shape index (κ3) is 1.77. The molecule has 1 atom stereocenters. The zero-order valence-corrected chi connectivity index (χ0v) is 8.89. The van der Waals surface area contributed by atoms with Gasteiger partial charge in [-0.25, -0.2) is 4.39 Å². The fraction of sp³-hybridized carbons (Fsp3) is 0.500. The summed E-state index contributed by atoms with van der Waals surface area (Å²) in [6.07, 6.45) is 1.91. The van der Waals surface area contributed by atoms with E-state index in [0.29, 0.717) is 24.8 Å². The quantitative estimate of drug-likeness (QED) is 0.792. The lowest BCUT2D eigenvalue weighted by Gasteiger charge is -2.23. The molecule has 82 valence electrons. The van der Waals surface area contributed by atoms with E-state index in [0.717, 1.165) is 12.1 Å². The summed E-state index contributed by atoms with van der Waals surface area (Å²) in [6.45, 7) is 0.743. The van der Waals surface area contributed by atoms with Crippen molar-refractivity contribution in [2.45, 2.75) is 24.9 Å². The Labute approximate surface area is 89.1 Å². The summed E-state index contributed by atoms with van der Waals surface area (Å²) < 4.78 is 13.4. The van der Waals surface area contributed by atoms with Crippen molar-refractivity contribution in [3.05, 3.63) is 35.1 Å². The minimum atomic E-state index is -0.833. The van der Waals surface area contributed by atoms with Crippen molar-refractivity contribution in [1.82, 2.24) is 5.32 Å². The highest BCUT2D eigenvalue weighted by Crippen LogP contribution is 2.39. The van der Waals surface area contributed by atoms with Crippen LogP contribution in [0.25, 0.3) is 0 Å². The predicted octanol–water partition coefficient (Wildman–Crippen LogP) is 1.57. The molecule has 0 fully saturated rings. The molecule has 2 nitrogen and oxygen atoms in total. The summed E-state index contributed by atoms with van der Waals surface area (Å²) in [7, 11) is 1.85. The molecule has 0 radical (unpaired) electrons. The van der Waals surface area contributed by atoms with Crippen molar-refractivity contribution in [2.24, 2.45) is 0 Å². The van der Waals surface area contributed by atoms with Crippen molar-refractivity contribution in [3.8, 4) is 0 Å². The summed E-state index contributed by atoms with van der Waals surface area (Å²) >= 11 is 0. The first-order valence-electron chi connectivity index (χ1n) is 5.32. The van der Waals surface area contributed by atoms with Gasteiger partial charge in [-0.05, 0) is 50.0 Å². The van der Waals surface area contributed by atoms with Crippen LogP contribution in [-0.2, 0) is 12.0 Å². The molecular weight excluding hydrogens is 193 g/mol. The van der Waals surface area contributed by atoms with Crippen LogP contribution in [0.15, 0.2) is 18.2 Å². The Hall–Kier alpha value is -0.930. The van der Waals surface area contributed by atoms with E-state index < -0.39 is 5.60 Å². The van der Waals surface area contributed by atoms with Crippen LogP contribution in [0.1, 0.15) is 24.0 Å². The number of aliphatic hydroxyl groups is 1. The molecule has 2 N–H and O–H groups in total. The SMILES string of the molecule is CNCCC1(O)CCc2c(F)cccc21. The summed E-state index contributed by atoms with van der Waals surface area (Å²) in [5, 5.41) is 13.4. The van der Waals surface area contributed by atoms with Crippen molar-refractivity contribution in [3.63, 3.8) is 0 Å². The second-order valence-electron chi connectivity index (χ2n) is 4.15. The lowest BCUT2D eigenvalue weighted by Crippen LogP contribution is -2.27. The van der Waals surface area contributed by atoms with Gasteiger partial charge in [0.25, 0.3) is 0 Å². The van der Waals surface area contributed by atoms with Gasteiger partial charge in [0, 0.05) is 0 Å². The Morgan fingerprint density at radius 3 is 3.07 bits per heavy atom. The van der Waals surface area contributed by atoms with Crippen LogP contribution in [0.2, 0.25) is 0 Å². The molecule has 1 unspecified atom stereocenters. The van der Waals surface area contributed by atoms with Gasteiger partial charge in [0.15, 0.2) is 0 Å². The van der Waals surface area contributed by atoms with Gasteiger partial charge < -0.3 is 10.4 Å². The highest BCUT2D eigenvalue weighted by Gasteiger charge is 2.37. The number of hydrogen-bond acceptors (Lipinski definition) is 2. The molecule has 0 bridgehead atoms. The second kappa shape index (κ2) is 3.91. The van der Waals surface area contributed by atoms with E-state index in [9.17, 15) is 9.50 Å². The highest BCUT2D eigenvalue weighted by atomic mass is 19.1. The summed E-state index contributed by atoms with van der Waals surface area (Å²) in [5.41, 5.74) is 0.634. The number of rotatable bonds is 3. The zero-order chi connectivity index (χ0) is 10.9. The van der Waals surface area contributed by atoms with E-state index in [1.165, 1.54) is 6.07 Å². The Bertz CT molecular complexity index is 367. The Morgan fingerprint density at radius 2 is 2.33 bits per heavy atom. The number of halogens is 1. The molecule has 1 aliphatic rings. The van der Waals surface area contributed by atoms with Crippen molar-refractivity contribution in [1.29, 1.82) is 0 Å². The minimum Gasteiger partial charge on any atom is -0.385 e. The van der Waals surface area contributed by atoms with Crippen LogP contribution in [0.4, 0.5) is 4.39 Å². The molecule has 1 aromatic rings. The first kappa shape index (κ1) is 10.6. The Morgan fingerprint density at radius 1 is 1.53 bits per heavy atom. The molecule has 3 heteroatoms. The molecule has 0 aromatic heterocycles. The highest BCUT2D eigenvalue weighted by molar-refractivity contribution is 5.38. The van der Waals surface area contributed by atoms with Gasteiger partial charge in [-0.1, -0.05) is 12.1 Å². The minimum absolute atomic E-state index is 0.187. The third-order valence-corrected chi connectivity index (χ3v) is 3.20. The molecular formula is C12H16FNO. The van der Waals surface area contributed by atoms with Crippen molar-refractivity contribution < 1.29 is 9.50 Å². The number of fused-ring (bicyclic) bond motifs is 1. The lowest BCUT2D eigenvalue weighted by molar-refractivity contribution is 0.0302. The standard InChI is InChI=1S/C12H16FNO/c1-14-8-7-12(15)6-5-9-10(12)3-2-4-11(9)13/h2-4,14-15H,5-8H2,1H3. The molecule has 0 spiro atoms. The largest absolute Gasteiger partial charge is 0.385 e. The number of hydrogen-bond donors (Lipinski definition) is 2. The van der Waals surface area contributed by atoms with Gasteiger partial charge in [0.1, 0.15) is 5.82 Å². The maximum atomic E-state index is 13.4. The fourth-order valence-corrected chi connectivity index (χ4v) is 2.31. The molecule has 0 amide bonds. The fourth-order valence-electron chi connectivity index (χ4n) is 2.31. The van der Waals surface area contributed by atoms with E-state index in [1.807, 2.05) is 13.1 Å².